The highest BCUT2D eigenvalue weighted by Gasteiger charge is 2.37. The second-order valence-corrected chi connectivity index (χ2v) is 7.99. The summed E-state index contributed by atoms with van der Waals surface area (Å²) in [5.41, 5.74) is 4.82. The molecule has 0 unspecified atom stereocenters. The van der Waals surface area contributed by atoms with Gasteiger partial charge in [-0.2, -0.15) is 0 Å². The van der Waals surface area contributed by atoms with E-state index in [1.165, 1.54) is 0 Å². The molecular formula is C20H27N3O3. The number of benzene rings is 1. The van der Waals surface area contributed by atoms with Gasteiger partial charge in [0, 0.05) is 35.8 Å². The third kappa shape index (κ3) is 2.97. The number of nitrogens with zero attached hydrogens (tertiary/aromatic N) is 1. The average Bonchev–Trinajstić information content (AvgIpc) is 2.90. The Balaban J connectivity index is 1.68. The van der Waals surface area contributed by atoms with E-state index in [4.69, 9.17) is 9.47 Å². The molecule has 3 aliphatic heterocycles. The van der Waals surface area contributed by atoms with Gasteiger partial charge in [-0.1, -0.05) is 6.92 Å². The molecule has 0 aliphatic carbocycles. The molecule has 0 saturated carbocycles. The maximum atomic E-state index is 13.1. The minimum atomic E-state index is 0.0551. The van der Waals surface area contributed by atoms with Gasteiger partial charge in [-0.3, -0.25) is 4.79 Å². The molecule has 0 bridgehead atoms. The smallest absolute Gasteiger partial charge is 0.261 e. The number of hydrogen-bond donors (Lipinski definition) is 2. The van der Waals surface area contributed by atoms with Crippen molar-refractivity contribution in [3.05, 3.63) is 29.5 Å². The molecule has 0 aromatic heterocycles. The van der Waals surface area contributed by atoms with Crippen molar-refractivity contribution in [1.82, 2.24) is 5.32 Å². The highest BCUT2D eigenvalue weighted by Crippen LogP contribution is 2.41. The standard InChI is InChI=1S/C20H27N3O3/c1-13(2)23-17-5-4-14(22-10-20(3)11-26-12-20)8-15(17)18(19(23)24)16-9-25-7-6-21-16/h4-5,8,13,21-22H,6-7,9-12H2,1-3H3/b18-16-. The van der Waals surface area contributed by atoms with Crippen molar-refractivity contribution in [3.8, 4) is 0 Å². The Kier molecular flexibility index (Phi) is 4.40. The lowest BCUT2D eigenvalue weighted by Crippen LogP contribution is -2.45. The Bertz CT molecular complexity index is 745. The van der Waals surface area contributed by atoms with Crippen molar-refractivity contribution in [2.45, 2.75) is 26.8 Å². The third-order valence-electron chi connectivity index (χ3n) is 5.23. The van der Waals surface area contributed by atoms with E-state index in [0.717, 1.165) is 54.5 Å². The Morgan fingerprint density at radius 2 is 2.12 bits per heavy atom. The van der Waals surface area contributed by atoms with Crippen molar-refractivity contribution in [3.63, 3.8) is 0 Å². The summed E-state index contributed by atoms with van der Waals surface area (Å²) in [4.78, 5) is 15.0. The summed E-state index contributed by atoms with van der Waals surface area (Å²) < 4.78 is 10.9. The molecule has 0 radical (unpaired) electrons. The molecular weight excluding hydrogens is 330 g/mol. The van der Waals surface area contributed by atoms with Crippen LogP contribution in [0.4, 0.5) is 11.4 Å². The van der Waals surface area contributed by atoms with Gasteiger partial charge >= 0.3 is 0 Å². The minimum absolute atomic E-state index is 0.0551. The lowest BCUT2D eigenvalue weighted by Gasteiger charge is -2.38. The van der Waals surface area contributed by atoms with Gasteiger partial charge in [0.1, 0.15) is 0 Å². The van der Waals surface area contributed by atoms with Gasteiger partial charge < -0.3 is 25.0 Å². The predicted octanol–water partition coefficient (Wildman–Crippen LogP) is 2.22. The monoisotopic (exact) mass is 357 g/mol. The van der Waals surface area contributed by atoms with Crippen LogP contribution in [0, 0.1) is 5.41 Å². The second-order valence-electron chi connectivity index (χ2n) is 7.99. The van der Waals surface area contributed by atoms with Gasteiger partial charge in [-0.25, -0.2) is 0 Å². The minimum Gasteiger partial charge on any atom is -0.384 e. The van der Waals surface area contributed by atoms with E-state index in [-0.39, 0.29) is 17.4 Å². The third-order valence-corrected chi connectivity index (χ3v) is 5.23. The van der Waals surface area contributed by atoms with Gasteiger partial charge in [0.05, 0.1) is 43.4 Å². The van der Waals surface area contributed by atoms with Crippen LogP contribution in [-0.4, -0.2) is 51.5 Å². The van der Waals surface area contributed by atoms with Gasteiger partial charge in [0.25, 0.3) is 5.91 Å². The zero-order valence-corrected chi connectivity index (χ0v) is 15.7. The largest absolute Gasteiger partial charge is 0.384 e. The van der Waals surface area contributed by atoms with Crippen LogP contribution in [0.3, 0.4) is 0 Å². The molecule has 2 N–H and O–H groups in total. The summed E-state index contributed by atoms with van der Waals surface area (Å²) in [5, 5.41) is 6.87. The normalized spacial score (nSPS) is 24.3. The molecule has 3 aliphatic rings. The zero-order valence-electron chi connectivity index (χ0n) is 15.7. The highest BCUT2D eigenvalue weighted by atomic mass is 16.5. The molecule has 6 heteroatoms. The highest BCUT2D eigenvalue weighted by molar-refractivity contribution is 6.33. The molecule has 1 aromatic rings. The molecule has 140 valence electrons. The van der Waals surface area contributed by atoms with Gasteiger partial charge in [0.2, 0.25) is 0 Å². The van der Waals surface area contributed by atoms with Crippen molar-refractivity contribution < 1.29 is 14.3 Å². The first kappa shape index (κ1) is 17.4. The predicted molar refractivity (Wildman–Crippen MR) is 102 cm³/mol. The number of nitrogens with one attached hydrogen (secondary N) is 2. The molecule has 0 spiro atoms. The topological polar surface area (TPSA) is 62.8 Å². The van der Waals surface area contributed by atoms with E-state index in [1.807, 2.05) is 24.8 Å². The van der Waals surface area contributed by atoms with Crippen LogP contribution < -0.4 is 15.5 Å². The van der Waals surface area contributed by atoms with Gasteiger partial charge in [-0.15, -0.1) is 0 Å². The van der Waals surface area contributed by atoms with Crippen LogP contribution >= 0.6 is 0 Å². The molecule has 6 nitrogen and oxygen atoms in total. The number of carbonyl (C=O) groups is 1. The van der Waals surface area contributed by atoms with Crippen molar-refractivity contribution in [2.75, 3.05) is 49.7 Å². The summed E-state index contributed by atoms with van der Waals surface area (Å²) >= 11 is 0. The van der Waals surface area contributed by atoms with Crippen LogP contribution in [0.5, 0.6) is 0 Å². The fourth-order valence-electron chi connectivity index (χ4n) is 3.73. The molecule has 1 aromatic carbocycles. The molecule has 1 amide bonds. The van der Waals surface area contributed by atoms with E-state index in [9.17, 15) is 4.79 Å². The van der Waals surface area contributed by atoms with Crippen LogP contribution in [0.1, 0.15) is 26.3 Å². The van der Waals surface area contributed by atoms with Crippen LogP contribution in [0.25, 0.3) is 5.57 Å². The number of fused-ring (bicyclic) bond motifs is 1. The van der Waals surface area contributed by atoms with Crippen LogP contribution in [0.15, 0.2) is 23.9 Å². The first-order valence-electron chi connectivity index (χ1n) is 9.33. The second kappa shape index (κ2) is 6.59. The zero-order chi connectivity index (χ0) is 18.3. The summed E-state index contributed by atoms with van der Waals surface area (Å²) in [6.07, 6.45) is 0. The Morgan fingerprint density at radius 3 is 2.73 bits per heavy atom. The fraction of sp³-hybridized carbons (Fsp3) is 0.550. The fourth-order valence-corrected chi connectivity index (χ4v) is 3.73. The van der Waals surface area contributed by atoms with E-state index in [2.05, 4.69) is 29.7 Å². The van der Waals surface area contributed by atoms with E-state index < -0.39 is 0 Å². The molecule has 26 heavy (non-hydrogen) atoms. The molecule has 4 rings (SSSR count). The number of hydrogen-bond acceptors (Lipinski definition) is 5. The SMILES string of the molecule is CC(C)N1C(=O)/C(=C2/COCCN2)c2cc(NCC3(C)COC3)ccc21. The van der Waals surface area contributed by atoms with Crippen LogP contribution in [-0.2, 0) is 14.3 Å². The number of amides is 1. The number of ether oxygens (including phenoxy) is 2. The van der Waals surface area contributed by atoms with E-state index >= 15 is 0 Å². The Hall–Kier alpha value is -2.05. The summed E-state index contributed by atoms with van der Waals surface area (Å²) in [6, 6.07) is 6.31. The molecule has 0 atom stereocenters. The summed E-state index contributed by atoms with van der Waals surface area (Å²) in [7, 11) is 0. The number of morpholine rings is 1. The van der Waals surface area contributed by atoms with Gasteiger partial charge in [0.15, 0.2) is 0 Å². The summed E-state index contributed by atoms with van der Waals surface area (Å²) in [6.45, 7) is 10.6. The van der Waals surface area contributed by atoms with Crippen molar-refractivity contribution in [2.24, 2.45) is 5.41 Å². The van der Waals surface area contributed by atoms with E-state index in [1.54, 1.807) is 0 Å². The first-order valence-corrected chi connectivity index (χ1v) is 9.33. The van der Waals surface area contributed by atoms with E-state index in [0.29, 0.717) is 13.2 Å². The Morgan fingerprint density at radius 1 is 1.31 bits per heavy atom. The first-order chi connectivity index (χ1) is 12.5. The number of carbonyl (C=O) groups excluding carboxylic acids is 1. The molecule has 2 fully saturated rings. The maximum Gasteiger partial charge on any atom is 0.261 e. The van der Waals surface area contributed by atoms with Crippen molar-refractivity contribution >= 4 is 22.9 Å². The molecule has 3 heterocycles. The lowest BCUT2D eigenvalue weighted by atomic mass is 9.88. The average molecular weight is 357 g/mol. The Labute approximate surface area is 154 Å². The summed E-state index contributed by atoms with van der Waals surface area (Å²) in [5.74, 6) is 0.0551. The number of rotatable bonds is 4. The van der Waals surface area contributed by atoms with Crippen molar-refractivity contribution in [1.29, 1.82) is 0 Å². The lowest BCUT2D eigenvalue weighted by molar-refractivity contribution is -0.113. The van der Waals surface area contributed by atoms with Gasteiger partial charge in [-0.05, 0) is 32.0 Å². The maximum absolute atomic E-state index is 13.1. The quantitative estimate of drug-likeness (QED) is 0.809. The van der Waals surface area contributed by atoms with Crippen LogP contribution in [0.2, 0.25) is 0 Å². The number of anilines is 2. The molecule has 2 saturated heterocycles.